The van der Waals surface area contributed by atoms with Crippen LogP contribution in [0.2, 0.25) is 0 Å². The summed E-state index contributed by atoms with van der Waals surface area (Å²) in [5, 5.41) is 0. The molecule has 0 spiro atoms. The minimum Gasteiger partial charge on any atom is -0.341 e. The molecule has 1 atom stereocenters. The van der Waals surface area contributed by atoms with Gasteiger partial charge in [-0.25, -0.2) is 0 Å². The standard InChI is InChI=1S/C12H23N3O2/c1-3-14(10(2)16)9-11-6-4-5-7-15(11)12(17)8-13/h11H,3-9,13H2,1-2H3/t11-/m1/s1. The van der Waals surface area contributed by atoms with Gasteiger partial charge in [0.2, 0.25) is 11.8 Å². The Hall–Kier alpha value is -1.10. The van der Waals surface area contributed by atoms with Crippen molar-refractivity contribution in [2.45, 2.75) is 39.2 Å². The Morgan fingerprint density at radius 3 is 2.65 bits per heavy atom. The summed E-state index contributed by atoms with van der Waals surface area (Å²) in [5.41, 5.74) is 5.42. The number of nitrogens with zero attached hydrogens (tertiary/aromatic N) is 2. The van der Waals surface area contributed by atoms with Crippen LogP contribution in [0.25, 0.3) is 0 Å². The number of hydrogen-bond acceptors (Lipinski definition) is 3. The van der Waals surface area contributed by atoms with Gasteiger partial charge >= 0.3 is 0 Å². The van der Waals surface area contributed by atoms with Crippen molar-refractivity contribution in [3.05, 3.63) is 0 Å². The third kappa shape index (κ3) is 3.70. The third-order valence-electron chi connectivity index (χ3n) is 3.38. The molecular formula is C12H23N3O2. The Kier molecular flexibility index (Phi) is 5.41. The number of likely N-dealkylation sites (N-methyl/N-ethyl adjacent to an activating group) is 1. The maximum Gasteiger partial charge on any atom is 0.236 e. The monoisotopic (exact) mass is 241 g/mol. The summed E-state index contributed by atoms with van der Waals surface area (Å²) in [7, 11) is 0. The minimum absolute atomic E-state index is 0.00527. The first-order valence-electron chi connectivity index (χ1n) is 6.35. The van der Waals surface area contributed by atoms with Crippen molar-refractivity contribution in [2.75, 3.05) is 26.2 Å². The van der Waals surface area contributed by atoms with E-state index in [2.05, 4.69) is 0 Å². The second-order valence-electron chi connectivity index (χ2n) is 4.50. The van der Waals surface area contributed by atoms with Gasteiger partial charge in [-0.3, -0.25) is 9.59 Å². The first-order valence-corrected chi connectivity index (χ1v) is 6.35. The predicted molar refractivity (Wildman–Crippen MR) is 66.3 cm³/mol. The van der Waals surface area contributed by atoms with Crippen molar-refractivity contribution < 1.29 is 9.59 Å². The fourth-order valence-corrected chi connectivity index (χ4v) is 2.37. The molecule has 0 aromatic carbocycles. The lowest BCUT2D eigenvalue weighted by Crippen LogP contribution is -2.51. The number of amides is 2. The van der Waals surface area contributed by atoms with E-state index in [1.807, 2.05) is 11.8 Å². The number of piperidine rings is 1. The second kappa shape index (κ2) is 6.59. The van der Waals surface area contributed by atoms with Crippen molar-refractivity contribution >= 4 is 11.8 Å². The summed E-state index contributed by atoms with van der Waals surface area (Å²) in [6, 6.07) is 0.142. The van der Waals surface area contributed by atoms with Crippen LogP contribution in [0.5, 0.6) is 0 Å². The van der Waals surface area contributed by atoms with Gasteiger partial charge in [0.1, 0.15) is 0 Å². The highest BCUT2D eigenvalue weighted by Crippen LogP contribution is 2.18. The first-order chi connectivity index (χ1) is 8.10. The summed E-state index contributed by atoms with van der Waals surface area (Å²) in [6.07, 6.45) is 3.12. The highest BCUT2D eigenvalue weighted by Gasteiger charge is 2.27. The minimum atomic E-state index is -0.00527. The zero-order valence-corrected chi connectivity index (χ0v) is 10.8. The molecule has 0 saturated carbocycles. The summed E-state index contributed by atoms with van der Waals surface area (Å²) < 4.78 is 0. The molecule has 2 amide bonds. The summed E-state index contributed by atoms with van der Waals surface area (Å²) in [5.74, 6) is 0.0625. The molecule has 1 aliphatic heterocycles. The van der Waals surface area contributed by atoms with E-state index in [9.17, 15) is 9.59 Å². The van der Waals surface area contributed by atoms with Crippen molar-refractivity contribution in [1.29, 1.82) is 0 Å². The lowest BCUT2D eigenvalue weighted by Gasteiger charge is -2.38. The van der Waals surface area contributed by atoms with Crippen LogP contribution in [0.3, 0.4) is 0 Å². The van der Waals surface area contributed by atoms with Crippen LogP contribution < -0.4 is 5.73 Å². The Bertz CT molecular complexity index is 281. The SMILES string of the molecule is CCN(C[C@H]1CCCCN1C(=O)CN)C(C)=O. The summed E-state index contributed by atoms with van der Waals surface area (Å²) >= 11 is 0. The highest BCUT2D eigenvalue weighted by molar-refractivity contribution is 5.78. The molecule has 1 fully saturated rings. The Morgan fingerprint density at radius 1 is 1.41 bits per heavy atom. The molecule has 2 N–H and O–H groups in total. The normalized spacial score (nSPS) is 20.2. The highest BCUT2D eigenvalue weighted by atomic mass is 16.2. The molecule has 0 radical (unpaired) electrons. The van der Waals surface area contributed by atoms with Gasteiger partial charge in [0.05, 0.1) is 6.54 Å². The maximum absolute atomic E-state index is 11.7. The number of rotatable bonds is 4. The van der Waals surface area contributed by atoms with Crippen LogP contribution in [0, 0.1) is 0 Å². The molecule has 98 valence electrons. The van der Waals surface area contributed by atoms with E-state index in [1.54, 1.807) is 11.8 Å². The van der Waals surface area contributed by atoms with Gasteiger partial charge in [-0.15, -0.1) is 0 Å². The molecule has 0 aromatic heterocycles. The van der Waals surface area contributed by atoms with Gasteiger partial charge in [-0.05, 0) is 26.2 Å². The predicted octanol–water partition coefficient (Wildman–Crippen LogP) is 0.195. The number of carbonyl (C=O) groups excluding carboxylic acids is 2. The van der Waals surface area contributed by atoms with Crippen LogP contribution in [-0.4, -0.2) is 53.8 Å². The van der Waals surface area contributed by atoms with Gasteiger partial charge in [0.15, 0.2) is 0 Å². The molecule has 0 aromatic rings. The Labute approximate surface area is 103 Å². The molecule has 0 unspecified atom stereocenters. The van der Waals surface area contributed by atoms with Crippen LogP contribution in [-0.2, 0) is 9.59 Å². The molecule has 17 heavy (non-hydrogen) atoms. The van der Waals surface area contributed by atoms with E-state index in [-0.39, 0.29) is 24.4 Å². The van der Waals surface area contributed by atoms with Crippen molar-refractivity contribution in [2.24, 2.45) is 5.73 Å². The van der Waals surface area contributed by atoms with E-state index in [0.29, 0.717) is 13.1 Å². The van der Waals surface area contributed by atoms with Gasteiger partial charge in [-0.1, -0.05) is 0 Å². The molecule has 1 heterocycles. The number of carbonyl (C=O) groups is 2. The van der Waals surface area contributed by atoms with Gasteiger partial charge < -0.3 is 15.5 Å². The van der Waals surface area contributed by atoms with Crippen LogP contribution in [0.1, 0.15) is 33.1 Å². The number of likely N-dealkylation sites (tertiary alicyclic amines) is 1. The lowest BCUT2D eigenvalue weighted by atomic mass is 10.0. The fourth-order valence-electron chi connectivity index (χ4n) is 2.37. The topological polar surface area (TPSA) is 66.6 Å². The molecule has 1 rings (SSSR count). The lowest BCUT2D eigenvalue weighted by molar-refractivity contribution is -0.137. The largest absolute Gasteiger partial charge is 0.341 e. The van der Waals surface area contributed by atoms with E-state index < -0.39 is 0 Å². The van der Waals surface area contributed by atoms with Crippen molar-refractivity contribution in [3.8, 4) is 0 Å². The molecule has 5 nitrogen and oxygen atoms in total. The van der Waals surface area contributed by atoms with Crippen LogP contribution >= 0.6 is 0 Å². The molecule has 1 aliphatic rings. The molecule has 0 aliphatic carbocycles. The Morgan fingerprint density at radius 2 is 2.12 bits per heavy atom. The number of hydrogen-bond donors (Lipinski definition) is 1. The average molecular weight is 241 g/mol. The quantitative estimate of drug-likeness (QED) is 0.764. The molecule has 5 heteroatoms. The van der Waals surface area contributed by atoms with Gasteiger partial charge in [0.25, 0.3) is 0 Å². The zero-order valence-electron chi connectivity index (χ0n) is 10.8. The fraction of sp³-hybridized carbons (Fsp3) is 0.833. The van der Waals surface area contributed by atoms with E-state index in [1.165, 1.54) is 0 Å². The summed E-state index contributed by atoms with van der Waals surface area (Å²) in [4.78, 5) is 26.7. The zero-order chi connectivity index (χ0) is 12.8. The maximum atomic E-state index is 11.7. The molecular weight excluding hydrogens is 218 g/mol. The van der Waals surface area contributed by atoms with E-state index >= 15 is 0 Å². The van der Waals surface area contributed by atoms with Crippen LogP contribution in [0.4, 0.5) is 0 Å². The van der Waals surface area contributed by atoms with Crippen molar-refractivity contribution in [3.63, 3.8) is 0 Å². The summed E-state index contributed by atoms with van der Waals surface area (Å²) in [6.45, 7) is 5.69. The average Bonchev–Trinajstić information content (AvgIpc) is 2.35. The van der Waals surface area contributed by atoms with E-state index in [0.717, 1.165) is 25.8 Å². The number of nitrogens with two attached hydrogens (primary N) is 1. The molecule has 1 saturated heterocycles. The molecule has 0 bridgehead atoms. The van der Waals surface area contributed by atoms with Gasteiger partial charge in [0, 0.05) is 32.6 Å². The van der Waals surface area contributed by atoms with E-state index in [4.69, 9.17) is 5.73 Å². The smallest absolute Gasteiger partial charge is 0.236 e. The first kappa shape index (κ1) is 14.0. The Balaban J connectivity index is 2.64. The van der Waals surface area contributed by atoms with Crippen LogP contribution in [0.15, 0.2) is 0 Å². The van der Waals surface area contributed by atoms with Crippen molar-refractivity contribution in [1.82, 2.24) is 9.80 Å². The second-order valence-corrected chi connectivity index (χ2v) is 4.50. The van der Waals surface area contributed by atoms with Gasteiger partial charge in [-0.2, -0.15) is 0 Å². The third-order valence-corrected chi connectivity index (χ3v) is 3.38.